The lowest BCUT2D eigenvalue weighted by molar-refractivity contribution is 0.125. The van der Waals surface area contributed by atoms with Gasteiger partial charge in [0, 0.05) is 5.02 Å². The van der Waals surface area contributed by atoms with Crippen molar-refractivity contribution in [2.45, 2.75) is 5.60 Å². The quantitative estimate of drug-likeness (QED) is 0.699. The molecular formula is C19H15ClO. The Kier molecular flexibility index (Phi) is 3.78. The maximum absolute atomic E-state index is 11.5. The Morgan fingerprint density at radius 2 is 1.10 bits per heavy atom. The van der Waals surface area contributed by atoms with Gasteiger partial charge in [0.15, 0.2) is 0 Å². The predicted molar refractivity (Wildman–Crippen MR) is 86.4 cm³/mol. The van der Waals surface area contributed by atoms with E-state index in [9.17, 15) is 5.11 Å². The lowest BCUT2D eigenvalue weighted by Gasteiger charge is -2.30. The van der Waals surface area contributed by atoms with Crippen LogP contribution in [-0.4, -0.2) is 5.11 Å². The number of hydrogen-bond acceptors (Lipinski definition) is 1. The zero-order valence-electron chi connectivity index (χ0n) is 11.4. The third-order valence-corrected chi connectivity index (χ3v) is 3.86. The van der Waals surface area contributed by atoms with Gasteiger partial charge in [0.25, 0.3) is 0 Å². The number of benzene rings is 3. The van der Waals surface area contributed by atoms with Gasteiger partial charge >= 0.3 is 0 Å². The molecule has 0 radical (unpaired) electrons. The van der Waals surface area contributed by atoms with Crippen molar-refractivity contribution in [1.82, 2.24) is 0 Å². The van der Waals surface area contributed by atoms with Crippen LogP contribution < -0.4 is 0 Å². The molecule has 0 amide bonds. The normalized spacial score (nSPS) is 11.3. The molecule has 0 aliphatic carbocycles. The molecular weight excluding hydrogens is 280 g/mol. The summed E-state index contributed by atoms with van der Waals surface area (Å²) >= 11 is 6.11. The molecule has 0 atom stereocenters. The van der Waals surface area contributed by atoms with Gasteiger partial charge in [-0.1, -0.05) is 84.4 Å². The summed E-state index contributed by atoms with van der Waals surface area (Å²) < 4.78 is 0. The van der Waals surface area contributed by atoms with Crippen molar-refractivity contribution in [3.63, 3.8) is 0 Å². The Balaban J connectivity index is 2.25. The topological polar surface area (TPSA) is 20.2 Å². The van der Waals surface area contributed by atoms with E-state index in [-0.39, 0.29) is 0 Å². The first-order chi connectivity index (χ1) is 10.2. The van der Waals surface area contributed by atoms with Crippen molar-refractivity contribution in [1.29, 1.82) is 0 Å². The van der Waals surface area contributed by atoms with Crippen molar-refractivity contribution in [2.75, 3.05) is 0 Å². The highest BCUT2D eigenvalue weighted by Crippen LogP contribution is 2.37. The molecule has 1 nitrogen and oxygen atoms in total. The highest BCUT2D eigenvalue weighted by Gasteiger charge is 2.33. The molecule has 2 heteroatoms. The average molecular weight is 295 g/mol. The minimum Gasteiger partial charge on any atom is -0.376 e. The van der Waals surface area contributed by atoms with E-state index in [4.69, 9.17) is 11.6 Å². The zero-order chi connectivity index (χ0) is 14.7. The lowest BCUT2D eigenvalue weighted by atomic mass is 9.80. The first kappa shape index (κ1) is 13.9. The van der Waals surface area contributed by atoms with Gasteiger partial charge in [0.2, 0.25) is 0 Å². The van der Waals surface area contributed by atoms with Gasteiger partial charge in [-0.15, -0.1) is 0 Å². The molecule has 3 aromatic rings. The van der Waals surface area contributed by atoms with E-state index in [1.165, 1.54) is 0 Å². The molecule has 3 rings (SSSR count). The number of aliphatic hydroxyl groups is 1. The van der Waals surface area contributed by atoms with Crippen LogP contribution >= 0.6 is 11.6 Å². The molecule has 21 heavy (non-hydrogen) atoms. The van der Waals surface area contributed by atoms with Crippen molar-refractivity contribution < 1.29 is 5.11 Å². The van der Waals surface area contributed by atoms with Crippen LogP contribution in [0.4, 0.5) is 0 Å². The molecule has 104 valence electrons. The summed E-state index contributed by atoms with van der Waals surface area (Å²) in [5, 5.41) is 12.1. The molecule has 0 heterocycles. The Bertz CT molecular complexity index is 683. The maximum Gasteiger partial charge on any atom is 0.140 e. The van der Waals surface area contributed by atoms with Crippen molar-refractivity contribution in [3.05, 3.63) is 107 Å². The van der Waals surface area contributed by atoms with Crippen LogP contribution in [0, 0.1) is 0 Å². The summed E-state index contributed by atoms with van der Waals surface area (Å²) in [4.78, 5) is 0. The summed E-state index contributed by atoms with van der Waals surface area (Å²) in [6.45, 7) is 0. The fourth-order valence-corrected chi connectivity index (χ4v) is 2.76. The van der Waals surface area contributed by atoms with Crippen LogP contribution in [0.25, 0.3) is 0 Å². The summed E-state index contributed by atoms with van der Waals surface area (Å²) in [5.41, 5.74) is 1.18. The van der Waals surface area contributed by atoms with Crippen LogP contribution in [0.3, 0.4) is 0 Å². The molecule has 0 spiro atoms. The van der Waals surface area contributed by atoms with Gasteiger partial charge < -0.3 is 5.11 Å². The zero-order valence-corrected chi connectivity index (χ0v) is 12.2. The first-order valence-corrected chi connectivity index (χ1v) is 7.18. The average Bonchev–Trinajstić information content (AvgIpc) is 2.56. The summed E-state index contributed by atoms with van der Waals surface area (Å²) in [6, 6.07) is 26.6. The molecule has 0 bridgehead atoms. The Morgan fingerprint density at radius 3 is 1.57 bits per heavy atom. The van der Waals surface area contributed by atoms with E-state index in [2.05, 4.69) is 0 Å². The standard InChI is InChI=1S/C19H15ClO/c20-18-13-7-12-17(14-18)19(21,15-8-3-1-4-9-15)16-10-5-2-6-11-16/h1-14,21H. The SMILES string of the molecule is OC(c1ccccc1)(c1ccccc1)c1cccc(Cl)c1. The summed E-state index contributed by atoms with van der Waals surface area (Å²) in [7, 11) is 0. The second-order valence-electron chi connectivity index (χ2n) is 4.95. The second-order valence-corrected chi connectivity index (χ2v) is 5.39. The third-order valence-electron chi connectivity index (χ3n) is 3.63. The van der Waals surface area contributed by atoms with Crippen molar-refractivity contribution in [2.24, 2.45) is 0 Å². The largest absolute Gasteiger partial charge is 0.376 e. The smallest absolute Gasteiger partial charge is 0.140 e. The minimum absolute atomic E-state index is 0.609. The number of halogens is 1. The van der Waals surface area contributed by atoms with E-state index in [0.717, 1.165) is 16.7 Å². The highest BCUT2D eigenvalue weighted by atomic mass is 35.5. The number of hydrogen-bond donors (Lipinski definition) is 1. The van der Waals surface area contributed by atoms with Gasteiger partial charge in [-0.3, -0.25) is 0 Å². The van der Waals surface area contributed by atoms with E-state index in [1.54, 1.807) is 0 Å². The molecule has 0 saturated heterocycles. The maximum atomic E-state index is 11.5. The first-order valence-electron chi connectivity index (χ1n) is 6.81. The Hall–Kier alpha value is -2.09. The van der Waals surface area contributed by atoms with E-state index < -0.39 is 5.60 Å². The van der Waals surface area contributed by atoms with Crippen molar-refractivity contribution in [3.8, 4) is 0 Å². The summed E-state index contributed by atoms with van der Waals surface area (Å²) in [6.07, 6.45) is 0. The Morgan fingerprint density at radius 1 is 0.619 bits per heavy atom. The van der Waals surface area contributed by atoms with E-state index >= 15 is 0 Å². The monoisotopic (exact) mass is 294 g/mol. The highest BCUT2D eigenvalue weighted by molar-refractivity contribution is 6.30. The number of rotatable bonds is 3. The molecule has 0 unspecified atom stereocenters. The van der Waals surface area contributed by atoms with Gasteiger partial charge in [-0.25, -0.2) is 0 Å². The Labute approximate surface area is 129 Å². The molecule has 0 saturated carbocycles. The predicted octanol–water partition coefficient (Wildman–Crippen LogP) is 4.62. The van der Waals surface area contributed by atoms with Crippen molar-refractivity contribution >= 4 is 11.6 Å². The third kappa shape index (κ3) is 2.58. The molecule has 3 aromatic carbocycles. The minimum atomic E-state index is -1.21. The fraction of sp³-hybridized carbons (Fsp3) is 0.0526. The fourth-order valence-electron chi connectivity index (χ4n) is 2.57. The second kappa shape index (κ2) is 5.72. The lowest BCUT2D eigenvalue weighted by Crippen LogP contribution is -2.28. The van der Waals surface area contributed by atoms with Gasteiger partial charge in [-0.2, -0.15) is 0 Å². The molecule has 0 fully saturated rings. The van der Waals surface area contributed by atoms with Gasteiger partial charge in [0.1, 0.15) is 5.60 Å². The summed E-state index contributed by atoms with van der Waals surface area (Å²) in [5.74, 6) is 0. The van der Waals surface area contributed by atoms with Crippen LogP contribution in [0.15, 0.2) is 84.9 Å². The molecule has 0 aromatic heterocycles. The van der Waals surface area contributed by atoms with Crippen LogP contribution in [0.5, 0.6) is 0 Å². The van der Waals surface area contributed by atoms with E-state index in [0.29, 0.717) is 5.02 Å². The molecule has 1 N–H and O–H groups in total. The van der Waals surface area contributed by atoms with Crippen LogP contribution in [-0.2, 0) is 5.60 Å². The van der Waals surface area contributed by atoms with Crippen LogP contribution in [0.2, 0.25) is 5.02 Å². The van der Waals surface area contributed by atoms with Gasteiger partial charge in [-0.05, 0) is 28.8 Å². The van der Waals surface area contributed by atoms with Gasteiger partial charge in [0.05, 0.1) is 0 Å². The molecule has 0 aliphatic heterocycles. The van der Waals surface area contributed by atoms with Crippen LogP contribution in [0.1, 0.15) is 16.7 Å². The van der Waals surface area contributed by atoms with E-state index in [1.807, 2.05) is 84.9 Å². The molecule has 0 aliphatic rings.